The van der Waals surface area contributed by atoms with Gasteiger partial charge in [-0.25, -0.2) is 14.0 Å². The Morgan fingerprint density at radius 2 is 1.63 bits per heavy atom. The van der Waals surface area contributed by atoms with Gasteiger partial charge in [0, 0.05) is 42.9 Å². The summed E-state index contributed by atoms with van der Waals surface area (Å²) >= 11 is 0. The van der Waals surface area contributed by atoms with Crippen molar-refractivity contribution in [3.05, 3.63) is 82.8 Å². The first kappa shape index (κ1) is 38.4. The molecular weight excluding hydrogens is 703 g/mol. The number of aromatic amines is 1. The Labute approximate surface area is 312 Å². The maximum Gasteiger partial charge on any atom is 0.514 e. The molecule has 0 bridgehead atoms. The molecule has 54 heavy (non-hydrogen) atoms. The number of hydrogen-bond donors (Lipinski definition) is 2. The Bertz CT molecular complexity index is 1960. The number of aromatic nitrogens is 1. The summed E-state index contributed by atoms with van der Waals surface area (Å²) in [5, 5.41) is 8.20. The fourth-order valence-electron chi connectivity index (χ4n) is 8.21. The van der Waals surface area contributed by atoms with Crippen LogP contribution in [0.4, 0.5) is 9.18 Å². The van der Waals surface area contributed by atoms with Crippen molar-refractivity contribution in [3.63, 3.8) is 0 Å². The van der Waals surface area contributed by atoms with Gasteiger partial charge >= 0.3 is 18.1 Å². The van der Waals surface area contributed by atoms with Crippen LogP contribution in [0.15, 0.2) is 54.6 Å². The number of nitrogens with one attached hydrogen (secondary N) is 1. The van der Waals surface area contributed by atoms with Gasteiger partial charge in [-0.2, -0.15) is 0 Å². The van der Waals surface area contributed by atoms with Crippen molar-refractivity contribution in [2.24, 2.45) is 17.8 Å². The van der Waals surface area contributed by atoms with Crippen LogP contribution in [-0.4, -0.2) is 87.8 Å². The van der Waals surface area contributed by atoms with Crippen molar-refractivity contribution in [1.82, 2.24) is 9.88 Å². The van der Waals surface area contributed by atoms with Crippen LogP contribution < -0.4 is 18.9 Å². The van der Waals surface area contributed by atoms with Crippen molar-refractivity contribution in [2.75, 3.05) is 48.6 Å². The number of ether oxygens (including phenoxy) is 7. The molecule has 3 unspecified atom stereocenters. The maximum absolute atomic E-state index is 13.6. The number of aliphatic hydroxyl groups excluding tert-OH is 1. The molecule has 0 spiro atoms. The zero-order valence-electron chi connectivity index (χ0n) is 30.9. The van der Waals surface area contributed by atoms with E-state index in [1.165, 1.54) is 74.4 Å². The number of halogens is 1. The molecule has 288 valence electrons. The molecule has 1 aromatic heterocycles. The van der Waals surface area contributed by atoms with Gasteiger partial charge in [-0.15, -0.1) is 0 Å². The van der Waals surface area contributed by atoms with Crippen molar-refractivity contribution in [1.29, 1.82) is 0 Å². The second-order valence-corrected chi connectivity index (χ2v) is 13.5. The minimum Gasteiger partial charge on any atom is -0.497 e. The number of fused-ring (bicyclic) bond motifs is 6. The Kier molecular flexibility index (Phi) is 11.9. The van der Waals surface area contributed by atoms with E-state index in [1.54, 1.807) is 7.11 Å². The van der Waals surface area contributed by atoms with E-state index in [2.05, 4.69) is 16.0 Å². The number of benzene rings is 3. The molecule has 3 heterocycles. The van der Waals surface area contributed by atoms with Gasteiger partial charge < -0.3 is 43.2 Å². The lowest BCUT2D eigenvalue weighted by Crippen LogP contribution is -2.52. The van der Waals surface area contributed by atoms with E-state index in [0.29, 0.717) is 18.4 Å². The first-order chi connectivity index (χ1) is 26.2. The Balaban J connectivity index is 0.00000245. The van der Waals surface area contributed by atoms with E-state index in [4.69, 9.17) is 38.3 Å². The third kappa shape index (κ3) is 7.80. The van der Waals surface area contributed by atoms with Crippen molar-refractivity contribution in [3.8, 4) is 23.0 Å². The summed E-state index contributed by atoms with van der Waals surface area (Å²) in [6.45, 7) is 1.50. The molecule has 3 aromatic carbocycles. The van der Waals surface area contributed by atoms with E-state index in [9.17, 15) is 18.8 Å². The molecule has 3 aliphatic rings. The molecule has 0 amide bonds. The number of hydrogen-bond acceptors (Lipinski definition) is 12. The standard InChI is InChI=1S/C39H41FN2O10.CH4O/c1-46-25-9-10-27-28-11-12-42-19-23-13-26(16-30(38(44)49-4)29(23)18-32(42)35(28)41-31(27)17-25)51-37(43)22-14-33(47-2)36(34(15-22)48-3)52-39(45)50-20-21-5-7-24(40)8-6-21;1-2/h5-10,14-15,17,23,26,29-30,32,41H,11-13,16,18-20H2,1-4H3;2H,1H3/t23-,26?,29+,30?,32?;/m1./s1. The normalized spacial score (nSPS) is 21.6. The quantitative estimate of drug-likeness (QED) is 0.117. The number of piperidine rings is 1. The number of H-pyrrole nitrogens is 1. The second kappa shape index (κ2) is 16.8. The highest BCUT2D eigenvalue weighted by atomic mass is 19.1. The van der Waals surface area contributed by atoms with Crippen LogP contribution in [0.1, 0.15) is 52.5 Å². The summed E-state index contributed by atoms with van der Waals surface area (Å²) in [7, 11) is 6.77. The summed E-state index contributed by atoms with van der Waals surface area (Å²) in [5.74, 6) is -0.853. The largest absolute Gasteiger partial charge is 0.514 e. The maximum atomic E-state index is 13.6. The van der Waals surface area contributed by atoms with Crippen molar-refractivity contribution < 1.29 is 57.0 Å². The second-order valence-electron chi connectivity index (χ2n) is 13.5. The van der Waals surface area contributed by atoms with E-state index in [-0.39, 0.29) is 53.3 Å². The Hall–Kier alpha value is -5.34. The molecule has 13 nitrogen and oxygen atoms in total. The van der Waals surface area contributed by atoms with Crippen LogP contribution in [-0.2, 0) is 32.0 Å². The van der Waals surface area contributed by atoms with Gasteiger partial charge in [0.2, 0.25) is 5.75 Å². The van der Waals surface area contributed by atoms with E-state index in [1.807, 2.05) is 12.1 Å². The average Bonchev–Trinajstić information content (AvgIpc) is 3.58. The molecule has 5 atom stereocenters. The number of rotatable bonds is 9. The molecule has 2 aliphatic heterocycles. The highest BCUT2D eigenvalue weighted by Gasteiger charge is 2.49. The molecule has 2 N–H and O–H groups in total. The van der Waals surface area contributed by atoms with Crippen molar-refractivity contribution in [2.45, 2.75) is 44.4 Å². The lowest BCUT2D eigenvalue weighted by molar-refractivity contribution is -0.155. The van der Waals surface area contributed by atoms with Crippen LogP contribution in [0.2, 0.25) is 0 Å². The number of methoxy groups -OCH3 is 4. The Morgan fingerprint density at radius 3 is 2.30 bits per heavy atom. The molecule has 1 saturated heterocycles. The first-order valence-corrected chi connectivity index (χ1v) is 17.7. The third-order valence-electron chi connectivity index (χ3n) is 10.7. The van der Waals surface area contributed by atoms with Gasteiger partial charge in [0.15, 0.2) is 11.5 Å². The van der Waals surface area contributed by atoms with Gasteiger partial charge in [0.1, 0.15) is 24.3 Å². The molecule has 7 rings (SSSR count). The average molecular weight is 749 g/mol. The minimum atomic E-state index is -1.05. The number of aliphatic hydroxyl groups is 1. The van der Waals surface area contributed by atoms with E-state index < -0.39 is 30.0 Å². The fourth-order valence-corrected chi connectivity index (χ4v) is 8.21. The molecule has 14 heteroatoms. The number of nitrogens with zero attached hydrogens (tertiary/aromatic N) is 1. The lowest BCUT2D eigenvalue weighted by atomic mass is 9.65. The molecule has 0 radical (unpaired) electrons. The van der Waals surface area contributed by atoms with Crippen LogP contribution >= 0.6 is 0 Å². The topological polar surface area (TPSA) is 155 Å². The van der Waals surface area contributed by atoms with Gasteiger partial charge in [-0.05, 0) is 85.0 Å². The third-order valence-corrected chi connectivity index (χ3v) is 10.7. The predicted molar refractivity (Wildman–Crippen MR) is 193 cm³/mol. The summed E-state index contributed by atoms with van der Waals surface area (Å²) in [6, 6.07) is 14.5. The summed E-state index contributed by atoms with van der Waals surface area (Å²) < 4.78 is 51.5. The number of esters is 2. The fraction of sp³-hybridized carbons (Fsp3) is 0.425. The lowest BCUT2D eigenvalue weighted by Gasteiger charge is -2.51. The van der Waals surface area contributed by atoms with Gasteiger partial charge in [-0.1, -0.05) is 12.1 Å². The monoisotopic (exact) mass is 748 g/mol. The van der Waals surface area contributed by atoms with E-state index >= 15 is 0 Å². The van der Waals surface area contributed by atoms with Gasteiger partial charge in [0.25, 0.3) is 0 Å². The Morgan fingerprint density at radius 1 is 0.907 bits per heavy atom. The van der Waals surface area contributed by atoms with Crippen molar-refractivity contribution >= 4 is 29.0 Å². The predicted octanol–water partition coefficient (Wildman–Crippen LogP) is 6.00. The first-order valence-electron chi connectivity index (χ1n) is 17.7. The van der Waals surface area contributed by atoms with E-state index in [0.717, 1.165) is 44.3 Å². The van der Waals surface area contributed by atoms with Gasteiger partial charge in [-0.3, -0.25) is 9.69 Å². The number of carbonyl (C=O) groups is 3. The van der Waals surface area contributed by atoms with Crippen LogP contribution in [0, 0.1) is 23.6 Å². The van der Waals surface area contributed by atoms with Crippen LogP contribution in [0.25, 0.3) is 10.9 Å². The SMILES string of the molecule is CO.COC(=O)C1CC(OC(=O)c2cc(OC)c(OC(=O)OCc3ccc(F)cc3)c(OC)c2)C[C@@H]2CN3CCc4c([nH]c5cc(OC)ccc45)C3C[C@H]12. The molecule has 4 aromatic rings. The smallest absolute Gasteiger partial charge is 0.497 e. The summed E-state index contributed by atoms with van der Waals surface area (Å²) in [4.78, 5) is 45.6. The zero-order chi connectivity index (χ0) is 38.5. The zero-order valence-corrected chi connectivity index (χ0v) is 30.9. The molecule has 1 aliphatic carbocycles. The highest BCUT2D eigenvalue weighted by Crippen LogP contribution is 2.50. The molecule has 2 fully saturated rings. The van der Waals surface area contributed by atoms with Gasteiger partial charge in [0.05, 0.1) is 46.0 Å². The molecular formula is C40H45FN2O11. The minimum absolute atomic E-state index is 0.0411. The highest BCUT2D eigenvalue weighted by molar-refractivity contribution is 5.91. The summed E-state index contributed by atoms with van der Waals surface area (Å²) in [6.07, 6.45) is 1.03. The van der Waals surface area contributed by atoms with Crippen LogP contribution in [0.3, 0.4) is 0 Å². The van der Waals surface area contributed by atoms with Crippen LogP contribution in [0.5, 0.6) is 23.0 Å². The molecule has 1 saturated carbocycles. The number of carbonyl (C=O) groups excluding carboxylic acids is 3. The summed E-state index contributed by atoms with van der Waals surface area (Å²) in [5.41, 5.74) is 4.23.